The van der Waals surface area contributed by atoms with Crippen molar-refractivity contribution < 1.29 is 19.4 Å². The molecule has 1 unspecified atom stereocenters. The van der Waals surface area contributed by atoms with Crippen molar-refractivity contribution in [2.75, 3.05) is 6.61 Å². The summed E-state index contributed by atoms with van der Waals surface area (Å²) < 4.78 is 5.04. The van der Waals surface area contributed by atoms with Crippen LogP contribution in [0.4, 0.5) is 0 Å². The summed E-state index contributed by atoms with van der Waals surface area (Å²) in [7, 11) is 0. The first-order chi connectivity index (χ1) is 7.61. The molecule has 0 amide bonds. The Labute approximate surface area is 97.0 Å². The zero-order valence-electron chi connectivity index (χ0n) is 10.2. The molecule has 0 bridgehead atoms. The van der Waals surface area contributed by atoms with Crippen molar-refractivity contribution in [1.29, 1.82) is 0 Å². The Balaban J connectivity index is 4.04. The number of ether oxygens (including phenoxy) is 1. The smallest absolute Gasteiger partial charge is 0.309 e. The molecule has 0 fully saturated rings. The second-order valence-corrected chi connectivity index (χ2v) is 3.96. The molecule has 4 nitrogen and oxygen atoms in total. The van der Waals surface area contributed by atoms with Gasteiger partial charge in [0.05, 0.1) is 18.9 Å². The molecular weight excluding hydrogens is 208 g/mol. The maximum atomic E-state index is 11.6. The number of esters is 1. The summed E-state index contributed by atoms with van der Waals surface area (Å²) in [5.74, 6) is -1.77. The van der Waals surface area contributed by atoms with E-state index in [1.54, 1.807) is 0 Å². The molecule has 0 spiro atoms. The van der Waals surface area contributed by atoms with Gasteiger partial charge < -0.3 is 9.84 Å². The summed E-state index contributed by atoms with van der Waals surface area (Å²) in [5, 5.41) is 8.70. The second-order valence-electron chi connectivity index (χ2n) is 3.96. The Bertz CT molecular complexity index is 213. The monoisotopic (exact) mass is 230 g/mol. The lowest BCUT2D eigenvalue weighted by Gasteiger charge is -2.13. The highest BCUT2D eigenvalue weighted by Gasteiger charge is 2.22. The molecule has 0 rings (SSSR count). The minimum Gasteiger partial charge on any atom is -0.481 e. The largest absolute Gasteiger partial charge is 0.481 e. The molecule has 1 atom stereocenters. The van der Waals surface area contributed by atoms with Gasteiger partial charge in [0.15, 0.2) is 0 Å². The van der Waals surface area contributed by atoms with Crippen LogP contribution in [0.2, 0.25) is 0 Å². The summed E-state index contributed by atoms with van der Waals surface area (Å²) in [4.78, 5) is 22.2. The van der Waals surface area contributed by atoms with E-state index < -0.39 is 11.9 Å². The quantitative estimate of drug-likeness (QED) is 0.488. The molecule has 16 heavy (non-hydrogen) atoms. The molecule has 0 aliphatic carbocycles. The van der Waals surface area contributed by atoms with E-state index in [1.165, 1.54) is 0 Å². The molecular formula is C12H22O4. The van der Waals surface area contributed by atoms with Gasteiger partial charge in [-0.05, 0) is 12.8 Å². The van der Waals surface area contributed by atoms with E-state index in [9.17, 15) is 9.59 Å². The number of carboxylic acid groups (broad SMARTS) is 1. The van der Waals surface area contributed by atoms with Crippen LogP contribution in [0.1, 0.15) is 52.4 Å². The molecule has 0 radical (unpaired) electrons. The topological polar surface area (TPSA) is 63.6 Å². The average molecular weight is 230 g/mol. The number of unbranched alkanes of at least 4 members (excludes halogenated alkanes) is 2. The van der Waals surface area contributed by atoms with Crippen LogP contribution in [-0.2, 0) is 14.3 Å². The van der Waals surface area contributed by atoms with E-state index in [0.717, 1.165) is 25.7 Å². The van der Waals surface area contributed by atoms with Crippen LogP contribution < -0.4 is 0 Å². The van der Waals surface area contributed by atoms with Crippen molar-refractivity contribution in [3.8, 4) is 0 Å². The van der Waals surface area contributed by atoms with Gasteiger partial charge in [0, 0.05) is 0 Å². The summed E-state index contributed by atoms with van der Waals surface area (Å²) in [6.07, 6.45) is 4.10. The number of carboxylic acids is 1. The van der Waals surface area contributed by atoms with Crippen LogP contribution in [0, 0.1) is 5.92 Å². The molecule has 0 aromatic carbocycles. The summed E-state index contributed by atoms with van der Waals surface area (Å²) in [6, 6.07) is 0. The zero-order valence-corrected chi connectivity index (χ0v) is 10.2. The van der Waals surface area contributed by atoms with Gasteiger partial charge in [-0.15, -0.1) is 0 Å². The number of rotatable bonds is 9. The molecule has 0 aliphatic rings. The highest BCUT2D eigenvalue weighted by Crippen LogP contribution is 2.15. The number of carbonyl (C=O) groups is 2. The highest BCUT2D eigenvalue weighted by molar-refractivity contribution is 5.79. The lowest BCUT2D eigenvalue weighted by molar-refractivity contribution is -0.153. The maximum absolute atomic E-state index is 11.6. The summed E-state index contributed by atoms with van der Waals surface area (Å²) in [5.41, 5.74) is 0. The number of aliphatic carboxylic acids is 1. The highest BCUT2D eigenvalue weighted by atomic mass is 16.5. The predicted molar refractivity (Wildman–Crippen MR) is 61.1 cm³/mol. The van der Waals surface area contributed by atoms with Crippen molar-refractivity contribution in [2.24, 2.45) is 5.92 Å². The number of hydrogen-bond acceptors (Lipinski definition) is 3. The van der Waals surface area contributed by atoms with E-state index in [4.69, 9.17) is 9.84 Å². The van der Waals surface area contributed by atoms with Crippen molar-refractivity contribution in [3.05, 3.63) is 0 Å². The van der Waals surface area contributed by atoms with Crippen LogP contribution >= 0.6 is 0 Å². The number of hydrogen-bond donors (Lipinski definition) is 1. The van der Waals surface area contributed by atoms with Crippen LogP contribution in [0.15, 0.2) is 0 Å². The maximum Gasteiger partial charge on any atom is 0.309 e. The van der Waals surface area contributed by atoms with Crippen molar-refractivity contribution in [2.45, 2.75) is 52.4 Å². The van der Waals surface area contributed by atoms with Gasteiger partial charge in [-0.1, -0.05) is 33.1 Å². The van der Waals surface area contributed by atoms with Crippen LogP contribution in [-0.4, -0.2) is 23.7 Å². The predicted octanol–water partition coefficient (Wildman–Crippen LogP) is 2.61. The SMILES string of the molecule is CCCCOC(=O)C(CCCC)CC(=O)O. The van der Waals surface area contributed by atoms with E-state index in [0.29, 0.717) is 13.0 Å². The van der Waals surface area contributed by atoms with E-state index in [2.05, 4.69) is 0 Å². The van der Waals surface area contributed by atoms with Crippen molar-refractivity contribution in [1.82, 2.24) is 0 Å². The molecule has 0 aliphatic heterocycles. The Kier molecular flexibility index (Phi) is 8.58. The van der Waals surface area contributed by atoms with Crippen LogP contribution in [0.25, 0.3) is 0 Å². The lowest BCUT2D eigenvalue weighted by atomic mass is 9.99. The van der Waals surface area contributed by atoms with Gasteiger partial charge in [-0.2, -0.15) is 0 Å². The minimum absolute atomic E-state index is 0.120. The summed E-state index contributed by atoms with van der Waals surface area (Å²) in [6.45, 7) is 4.43. The van der Waals surface area contributed by atoms with E-state index in [1.807, 2.05) is 13.8 Å². The second kappa shape index (κ2) is 9.19. The Morgan fingerprint density at radius 1 is 1.19 bits per heavy atom. The first kappa shape index (κ1) is 14.9. The zero-order chi connectivity index (χ0) is 12.4. The normalized spacial score (nSPS) is 12.1. The van der Waals surface area contributed by atoms with Crippen molar-refractivity contribution >= 4 is 11.9 Å². The van der Waals surface area contributed by atoms with Gasteiger partial charge >= 0.3 is 11.9 Å². The standard InChI is InChI=1S/C12H22O4/c1-3-5-7-10(9-11(13)14)12(15)16-8-6-4-2/h10H,3-9H2,1-2H3,(H,13,14). The third kappa shape index (κ3) is 7.26. The Morgan fingerprint density at radius 3 is 2.31 bits per heavy atom. The first-order valence-electron chi connectivity index (χ1n) is 6.00. The minimum atomic E-state index is -0.937. The fourth-order valence-corrected chi connectivity index (χ4v) is 1.40. The fourth-order valence-electron chi connectivity index (χ4n) is 1.40. The van der Waals surface area contributed by atoms with Gasteiger partial charge in [0.2, 0.25) is 0 Å². The molecule has 0 aromatic rings. The molecule has 0 aromatic heterocycles. The third-order valence-corrected chi connectivity index (χ3v) is 2.40. The van der Waals surface area contributed by atoms with Gasteiger partial charge in [-0.25, -0.2) is 0 Å². The van der Waals surface area contributed by atoms with Gasteiger partial charge in [0.1, 0.15) is 0 Å². The molecule has 0 saturated heterocycles. The van der Waals surface area contributed by atoms with E-state index in [-0.39, 0.29) is 12.4 Å². The van der Waals surface area contributed by atoms with Crippen LogP contribution in [0.5, 0.6) is 0 Å². The first-order valence-corrected chi connectivity index (χ1v) is 6.00. The lowest BCUT2D eigenvalue weighted by Crippen LogP contribution is -2.21. The van der Waals surface area contributed by atoms with Gasteiger partial charge in [-0.3, -0.25) is 9.59 Å². The molecule has 0 saturated carbocycles. The molecule has 1 N–H and O–H groups in total. The van der Waals surface area contributed by atoms with Gasteiger partial charge in [0.25, 0.3) is 0 Å². The fraction of sp³-hybridized carbons (Fsp3) is 0.833. The van der Waals surface area contributed by atoms with Crippen LogP contribution in [0.3, 0.4) is 0 Å². The molecule has 4 heteroatoms. The Morgan fingerprint density at radius 2 is 1.81 bits per heavy atom. The average Bonchev–Trinajstić information content (AvgIpc) is 2.23. The molecule has 0 heterocycles. The van der Waals surface area contributed by atoms with E-state index >= 15 is 0 Å². The third-order valence-electron chi connectivity index (χ3n) is 2.40. The van der Waals surface area contributed by atoms with Crippen molar-refractivity contribution in [3.63, 3.8) is 0 Å². The number of carbonyl (C=O) groups excluding carboxylic acids is 1. The Hall–Kier alpha value is -1.06. The summed E-state index contributed by atoms with van der Waals surface area (Å²) >= 11 is 0. The molecule has 94 valence electrons.